The summed E-state index contributed by atoms with van der Waals surface area (Å²) in [4.78, 5) is 26.5. The van der Waals surface area contributed by atoms with Gasteiger partial charge in [-0.15, -0.1) is 6.42 Å². The van der Waals surface area contributed by atoms with E-state index in [0.29, 0.717) is 57.9 Å². The predicted octanol–water partition coefficient (Wildman–Crippen LogP) is 6.42. The number of rotatable bonds is 14. The second-order valence-electron chi connectivity index (χ2n) is 18.5. The fourth-order valence-corrected chi connectivity index (χ4v) is 10.9. The minimum absolute atomic E-state index is 0.0326. The Morgan fingerprint density at radius 3 is 2.25 bits per heavy atom. The van der Waals surface area contributed by atoms with Crippen molar-refractivity contribution in [3.05, 3.63) is 12.2 Å². The molecule has 2 spiro atoms. The Kier molecular flexibility index (Phi) is 14.3. The lowest BCUT2D eigenvalue weighted by atomic mass is 9.72. The number of aliphatic hydroxyl groups excluding tert-OH is 1. The fourth-order valence-electron chi connectivity index (χ4n) is 10.9. The summed E-state index contributed by atoms with van der Waals surface area (Å²) in [6.07, 6.45) is 13.2. The van der Waals surface area contributed by atoms with Crippen LogP contribution in [0.25, 0.3) is 0 Å². The third kappa shape index (κ3) is 8.56. The molecule has 56 heavy (non-hydrogen) atoms. The number of carboxylic acid groups (broad SMARTS) is 1. The number of carbonyl (C=O) groups excluding carboxylic acids is 1. The molecule has 11 heteroatoms. The van der Waals surface area contributed by atoms with E-state index < -0.39 is 64.8 Å². The predicted molar refractivity (Wildman–Crippen MR) is 213 cm³/mol. The van der Waals surface area contributed by atoms with Gasteiger partial charge in [0.1, 0.15) is 5.78 Å². The minimum atomic E-state index is -1.18. The monoisotopic (exact) mass is 788 g/mol. The largest absolute Gasteiger partial charge is 0.481 e. The van der Waals surface area contributed by atoms with Crippen molar-refractivity contribution in [2.24, 2.45) is 41.4 Å². The van der Waals surface area contributed by atoms with Crippen LogP contribution in [-0.2, 0) is 33.3 Å². The van der Waals surface area contributed by atoms with Gasteiger partial charge >= 0.3 is 5.97 Å². The average Bonchev–Trinajstić information content (AvgIpc) is 3.51. The average molecular weight is 788 g/mol. The number of terminal acetylenes is 1. The quantitative estimate of drug-likeness (QED) is 0.114. The zero-order chi connectivity index (χ0) is 41.4. The molecular formula is C45H73NO10. The molecule has 0 radical (unpaired) electrons. The molecule has 0 aliphatic carbocycles. The highest BCUT2D eigenvalue weighted by atomic mass is 16.8. The molecule has 5 rings (SSSR count). The molecule has 318 valence electrons. The Hall–Kier alpha value is -1.88. The Morgan fingerprint density at radius 2 is 1.64 bits per heavy atom. The summed E-state index contributed by atoms with van der Waals surface area (Å²) < 4.78 is 34.4. The van der Waals surface area contributed by atoms with E-state index in [1.807, 2.05) is 40.7 Å². The molecule has 0 amide bonds. The van der Waals surface area contributed by atoms with Gasteiger partial charge in [-0.25, -0.2) is 0 Å². The van der Waals surface area contributed by atoms with Crippen molar-refractivity contribution in [2.75, 3.05) is 6.54 Å². The van der Waals surface area contributed by atoms with E-state index in [0.717, 1.165) is 12.8 Å². The van der Waals surface area contributed by atoms with Gasteiger partial charge in [0.05, 0.1) is 66.3 Å². The van der Waals surface area contributed by atoms with Gasteiger partial charge in [0.25, 0.3) is 0 Å². The van der Waals surface area contributed by atoms with Crippen LogP contribution in [-0.4, -0.2) is 99.1 Å². The Morgan fingerprint density at radius 1 is 0.946 bits per heavy atom. The van der Waals surface area contributed by atoms with Gasteiger partial charge in [-0.3, -0.25) is 14.9 Å². The molecule has 0 aromatic rings. The van der Waals surface area contributed by atoms with Crippen LogP contribution in [0.2, 0.25) is 0 Å². The Labute approximate surface area is 336 Å². The van der Waals surface area contributed by atoms with Gasteiger partial charge in [-0.05, 0) is 89.5 Å². The first-order valence-corrected chi connectivity index (χ1v) is 21.8. The number of ketones is 1. The van der Waals surface area contributed by atoms with Crippen LogP contribution in [0.15, 0.2) is 12.2 Å². The number of Topliss-reactive ketones (excluding diaryl/α,β-unsaturated/α-hetero) is 1. The van der Waals surface area contributed by atoms with Crippen molar-refractivity contribution < 1.29 is 48.6 Å². The number of aliphatic hydroxyl groups is 2. The van der Waals surface area contributed by atoms with Gasteiger partial charge in [0, 0.05) is 30.1 Å². The summed E-state index contributed by atoms with van der Waals surface area (Å²) in [5.41, 5.74) is -1.55. The first kappa shape index (κ1) is 45.2. The van der Waals surface area contributed by atoms with Crippen LogP contribution < -0.4 is 5.32 Å². The van der Waals surface area contributed by atoms with Crippen molar-refractivity contribution in [3.63, 3.8) is 0 Å². The van der Waals surface area contributed by atoms with Crippen LogP contribution in [0.3, 0.4) is 0 Å². The molecule has 5 aliphatic heterocycles. The second-order valence-corrected chi connectivity index (χ2v) is 18.5. The van der Waals surface area contributed by atoms with Crippen LogP contribution in [0.1, 0.15) is 133 Å². The van der Waals surface area contributed by atoms with Crippen LogP contribution >= 0.6 is 0 Å². The molecule has 4 fully saturated rings. The van der Waals surface area contributed by atoms with E-state index in [1.165, 1.54) is 0 Å². The van der Waals surface area contributed by atoms with Crippen LogP contribution in [0, 0.1) is 53.8 Å². The van der Waals surface area contributed by atoms with Crippen LogP contribution in [0.5, 0.6) is 0 Å². The van der Waals surface area contributed by atoms with Crippen molar-refractivity contribution in [1.29, 1.82) is 0 Å². The molecule has 4 N–H and O–H groups in total. The number of nitrogens with one attached hydrogen (secondary N) is 1. The maximum Gasteiger partial charge on any atom is 0.309 e. The molecule has 0 aromatic heterocycles. The minimum Gasteiger partial charge on any atom is -0.481 e. The van der Waals surface area contributed by atoms with E-state index in [4.69, 9.17) is 30.1 Å². The van der Waals surface area contributed by atoms with E-state index in [-0.39, 0.29) is 53.8 Å². The van der Waals surface area contributed by atoms with Gasteiger partial charge < -0.3 is 39.0 Å². The van der Waals surface area contributed by atoms with Crippen molar-refractivity contribution in [2.45, 2.75) is 199 Å². The van der Waals surface area contributed by atoms with E-state index in [9.17, 15) is 24.9 Å². The number of carbonyl (C=O) groups is 2. The summed E-state index contributed by atoms with van der Waals surface area (Å²) in [5.74, 6) is -2.65. The standard InChI is InChI=1S/C45H73NO10/c1-12-24-46-35-18-21-44(56-45(35)23-22-42(11,55-45)36-19-20-43(51,15-4)31(10)52-36)28(7)25-27(6)40(54-44)33(14-3)38(48)29(8)37(47)30(9)39-26(5)16-17-34(53-39)32(13-2)41(49)50/h1,18,21,26-37,39-40,46-47,51H,13-17,19-20,22-25H2,2-11H3,(H,49,50)/t26-,27-,28+,29-,30-,31-,32+,33-,34+,35-,36+,37+,39+,40-,42-,43+,44-,45-/m0/s1. The molecular weight excluding hydrogens is 714 g/mol. The summed E-state index contributed by atoms with van der Waals surface area (Å²) in [6.45, 7) is 20.2. The molecule has 0 saturated carbocycles. The zero-order valence-electron chi connectivity index (χ0n) is 35.8. The first-order chi connectivity index (χ1) is 26.3. The van der Waals surface area contributed by atoms with E-state index in [2.05, 4.69) is 45.0 Å². The molecule has 5 aliphatic rings. The molecule has 5 heterocycles. The Balaban J connectivity index is 1.36. The number of carboxylic acids is 1. The van der Waals surface area contributed by atoms with Crippen molar-refractivity contribution in [1.82, 2.24) is 5.32 Å². The van der Waals surface area contributed by atoms with Gasteiger partial charge in [-0.1, -0.05) is 67.4 Å². The SMILES string of the molecule is C#CCN[C@H]1C=C[C@]2(O[C@H]([C@@H](CC)C(=O)[C@@H](C)[C@@H](O)[C@H](C)[C@@H]3O[C@@H]([C@@H](CC)C(=O)O)CC[C@@H]3C)[C@@H](C)C[C@H]2C)O[C@@]12CC[C@@](C)([C@H]1CC[C@](O)(CC)[C@H](C)O1)O2. The summed E-state index contributed by atoms with van der Waals surface area (Å²) in [7, 11) is 0. The maximum atomic E-state index is 14.6. The normalized spacial score (nSPS) is 44.2. The highest BCUT2D eigenvalue weighted by molar-refractivity contribution is 5.84. The third-order valence-corrected chi connectivity index (χ3v) is 14.9. The Bertz CT molecular complexity index is 1450. The highest BCUT2D eigenvalue weighted by Crippen LogP contribution is 2.54. The fraction of sp³-hybridized carbons (Fsp3) is 0.867. The van der Waals surface area contributed by atoms with Gasteiger partial charge in [0.15, 0.2) is 11.6 Å². The molecule has 11 nitrogen and oxygen atoms in total. The first-order valence-electron chi connectivity index (χ1n) is 21.8. The molecule has 0 bridgehead atoms. The van der Waals surface area contributed by atoms with Crippen molar-refractivity contribution >= 4 is 11.8 Å². The lowest BCUT2D eigenvalue weighted by molar-refractivity contribution is -0.398. The van der Waals surface area contributed by atoms with E-state index >= 15 is 0 Å². The maximum absolute atomic E-state index is 14.6. The van der Waals surface area contributed by atoms with Gasteiger partial charge in [-0.2, -0.15) is 0 Å². The molecule has 18 atom stereocenters. The topological polar surface area (TPSA) is 153 Å². The lowest BCUT2D eigenvalue weighted by Crippen LogP contribution is -2.65. The number of hydrogen-bond donors (Lipinski definition) is 4. The van der Waals surface area contributed by atoms with Gasteiger partial charge in [0.2, 0.25) is 0 Å². The molecule has 0 aromatic carbocycles. The zero-order valence-corrected chi connectivity index (χ0v) is 35.8. The smallest absolute Gasteiger partial charge is 0.309 e. The number of aliphatic carboxylic acids is 1. The van der Waals surface area contributed by atoms with E-state index in [1.54, 1.807) is 6.92 Å². The number of hydrogen-bond acceptors (Lipinski definition) is 10. The molecule has 0 unspecified atom stereocenters. The highest BCUT2D eigenvalue weighted by Gasteiger charge is 2.63. The summed E-state index contributed by atoms with van der Waals surface area (Å²) >= 11 is 0. The van der Waals surface area contributed by atoms with Crippen LogP contribution in [0.4, 0.5) is 0 Å². The third-order valence-electron chi connectivity index (χ3n) is 14.9. The second kappa shape index (κ2) is 17.8. The van der Waals surface area contributed by atoms with Crippen molar-refractivity contribution in [3.8, 4) is 12.3 Å². The number of ether oxygens (including phenoxy) is 5. The summed E-state index contributed by atoms with van der Waals surface area (Å²) in [6, 6.07) is -0.361. The lowest BCUT2D eigenvalue weighted by Gasteiger charge is -2.55. The summed E-state index contributed by atoms with van der Waals surface area (Å²) in [5, 5.41) is 36.2. The molecule has 4 saturated heterocycles.